The van der Waals surface area contributed by atoms with Crippen LogP contribution in [0.1, 0.15) is 181 Å². The second kappa shape index (κ2) is 27.1. The number of aliphatic hydroxyl groups is 3. The van der Waals surface area contributed by atoms with Crippen molar-refractivity contribution in [1.29, 1.82) is 0 Å². The van der Waals surface area contributed by atoms with E-state index in [9.17, 15) is 24.9 Å². The summed E-state index contributed by atoms with van der Waals surface area (Å²) in [7, 11) is 0. The summed E-state index contributed by atoms with van der Waals surface area (Å²) in [5, 5.41) is 30.8. The molecule has 1 rings (SSSR count). The van der Waals surface area contributed by atoms with Crippen molar-refractivity contribution < 1.29 is 29.6 Å². The van der Waals surface area contributed by atoms with Crippen LogP contribution in [-0.4, -0.2) is 51.5 Å². The van der Waals surface area contributed by atoms with Gasteiger partial charge in [-0.2, -0.15) is 0 Å². The number of cyclic esters (lactones) is 1. The normalized spacial score (nSPS) is 19.1. The number of aliphatic hydroxyl groups excluding tert-OH is 3. The average Bonchev–Trinajstić information content (AvgIpc) is 3.32. The van der Waals surface area contributed by atoms with Gasteiger partial charge in [-0.1, -0.05) is 115 Å². The maximum atomic E-state index is 11.8. The van der Waals surface area contributed by atoms with Crippen LogP contribution in [-0.2, 0) is 14.3 Å². The van der Waals surface area contributed by atoms with Crippen LogP contribution in [0.15, 0.2) is 12.2 Å². The molecule has 1 fully saturated rings. The Labute approximate surface area is 264 Å². The molecule has 0 aromatic rings. The molecule has 0 bridgehead atoms. The van der Waals surface area contributed by atoms with Crippen LogP contribution in [0, 0.1) is 5.92 Å². The number of rotatable bonds is 30. The van der Waals surface area contributed by atoms with E-state index in [4.69, 9.17) is 4.74 Å². The fourth-order valence-corrected chi connectivity index (χ4v) is 6.21. The number of hydrogen-bond donors (Lipinski definition) is 3. The smallest absolute Gasteiger partial charge is 0.309 e. The van der Waals surface area contributed by atoms with Gasteiger partial charge in [0.15, 0.2) is 0 Å². The number of Topliss-reactive ketones (excluding diaryl/α,β-unsaturated/α-hetero) is 1. The number of unbranched alkanes of at least 4 members (excludes halogenated alkanes) is 15. The molecule has 43 heavy (non-hydrogen) atoms. The summed E-state index contributed by atoms with van der Waals surface area (Å²) in [6, 6.07) is 0. The molecule has 6 nitrogen and oxygen atoms in total. The Kier molecular flexibility index (Phi) is 25.1. The van der Waals surface area contributed by atoms with Crippen molar-refractivity contribution in [2.24, 2.45) is 5.92 Å². The lowest BCUT2D eigenvalue weighted by Crippen LogP contribution is -2.25. The third-order valence-corrected chi connectivity index (χ3v) is 9.01. The van der Waals surface area contributed by atoms with Gasteiger partial charge in [0, 0.05) is 6.42 Å². The predicted octanol–water partition coefficient (Wildman–Crippen LogP) is 8.92. The second-order valence-corrected chi connectivity index (χ2v) is 13.3. The van der Waals surface area contributed by atoms with E-state index >= 15 is 0 Å². The molecule has 0 aliphatic carbocycles. The zero-order valence-electron chi connectivity index (χ0n) is 28.0. The molecule has 0 radical (unpaired) electrons. The van der Waals surface area contributed by atoms with Gasteiger partial charge in [0.05, 0.1) is 24.2 Å². The van der Waals surface area contributed by atoms with Gasteiger partial charge in [0.1, 0.15) is 11.9 Å². The van der Waals surface area contributed by atoms with E-state index in [0.29, 0.717) is 25.7 Å². The van der Waals surface area contributed by atoms with Crippen LogP contribution in [0.5, 0.6) is 0 Å². The summed E-state index contributed by atoms with van der Waals surface area (Å²) in [6.45, 7) is 3.78. The average molecular weight is 609 g/mol. The monoisotopic (exact) mass is 609 g/mol. The Balaban J connectivity index is 1.89. The molecule has 1 aliphatic heterocycles. The highest BCUT2D eigenvalue weighted by Crippen LogP contribution is 2.28. The van der Waals surface area contributed by atoms with Gasteiger partial charge in [-0.15, -0.1) is 0 Å². The molecule has 6 heteroatoms. The zero-order chi connectivity index (χ0) is 31.5. The van der Waals surface area contributed by atoms with Crippen molar-refractivity contribution in [3.05, 3.63) is 12.2 Å². The quantitative estimate of drug-likeness (QED) is 0.0427. The lowest BCUT2D eigenvalue weighted by atomic mass is 9.96. The van der Waals surface area contributed by atoms with Crippen molar-refractivity contribution in [1.82, 2.24) is 0 Å². The Hall–Kier alpha value is -1.24. The molecule has 5 atom stereocenters. The first kappa shape index (κ1) is 39.8. The number of allylic oxidation sites excluding steroid dienone is 2. The molecule has 252 valence electrons. The summed E-state index contributed by atoms with van der Waals surface area (Å²) >= 11 is 0. The molecule has 0 saturated carbocycles. The van der Waals surface area contributed by atoms with E-state index in [1.54, 1.807) is 0 Å². The highest BCUT2D eigenvalue weighted by molar-refractivity contribution is 5.83. The van der Waals surface area contributed by atoms with Gasteiger partial charge in [-0.05, 0) is 71.1 Å². The fourth-order valence-electron chi connectivity index (χ4n) is 6.21. The third kappa shape index (κ3) is 22.9. The SMILES string of the molecule is CCCCCCCCCCCC/C=C\CCC(O)C(O)CCCCCCC(O)CCCCC[C@@H]1C[C@H](CC(C)=O)C(=O)O1. The van der Waals surface area contributed by atoms with Crippen LogP contribution in [0.3, 0.4) is 0 Å². The van der Waals surface area contributed by atoms with Crippen LogP contribution in [0.4, 0.5) is 0 Å². The third-order valence-electron chi connectivity index (χ3n) is 9.01. The molecule has 1 aliphatic rings. The molecule has 1 heterocycles. The number of carbonyl (C=O) groups excluding carboxylic acids is 2. The van der Waals surface area contributed by atoms with E-state index in [-0.39, 0.29) is 29.9 Å². The lowest BCUT2D eigenvalue weighted by Gasteiger charge is -2.17. The second-order valence-electron chi connectivity index (χ2n) is 13.3. The number of carbonyl (C=O) groups is 2. The Morgan fingerprint density at radius 3 is 1.86 bits per heavy atom. The largest absolute Gasteiger partial charge is 0.462 e. The van der Waals surface area contributed by atoms with Crippen molar-refractivity contribution in [2.75, 3.05) is 0 Å². The van der Waals surface area contributed by atoms with Gasteiger partial charge in [0.2, 0.25) is 0 Å². The van der Waals surface area contributed by atoms with Crippen LogP contribution < -0.4 is 0 Å². The topological polar surface area (TPSA) is 104 Å². The van der Waals surface area contributed by atoms with Crippen LogP contribution in [0.2, 0.25) is 0 Å². The fraction of sp³-hybridized carbons (Fsp3) is 0.892. The highest BCUT2D eigenvalue weighted by atomic mass is 16.5. The first-order valence-electron chi connectivity index (χ1n) is 18.2. The molecular weight excluding hydrogens is 540 g/mol. The predicted molar refractivity (Wildman–Crippen MR) is 177 cm³/mol. The molecule has 0 amide bonds. The summed E-state index contributed by atoms with van der Waals surface area (Å²) in [6.07, 6.45) is 29.9. The summed E-state index contributed by atoms with van der Waals surface area (Å²) in [4.78, 5) is 23.1. The summed E-state index contributed by atoms with van der Waals surface area (Å²) < 4.78 is 5.40. The minimum Gasteiger partial charge on any atom is -0.462 e. The molecule has 0 aromatic carbocycles. The first-order valence-corrected chi connectivity index (χ1v) is 18.2. The van der Waals surface area contributed by atoms with E-state index in [1.807, 2.05) is 0 Å². The van der Waals surface area contributed by atoms with Crippen LogP contribution >= 0.6 is 0 Å². The van der Waals surface area contributed by atoms with Gasteiger partial charge < -0.3 is 24.9 Å². The van der Waals surface area contributed by atoms with Crippen molar-refractivity contribution in [3.63, 3.8) is 0 Å². The maximum absolute atomic E-state index is 11.8. The Morgan fingerprint density at radius 1 is 0.721 bits per heavy atom. The summed E-state index contributed by atoms with van der Waals surface area (Å²) in [5.41, 5.74) is 0. The van der Waals surface area contributed by atoms with Gasteiger partial charge in [-0.3, -0.25) is 4.79 Å². The number of hydrogen-bond acceptors (Lipinski definition) is 6. The molecule has 3 unspecified atom stereocenters. The van der Waals surface area contributed by atoms with Crippen molar-refractivity contribution >= 4 is 11.8 Å². The van der Waals surface area contributed by atoms with Gasteiger partial charge >= 0.3 is 5.97 Å². The number of esters is 1. The minimum atomic E-state index is -0.647. The zero-order valence-corrected chi connectivity index (χ0v) is 28.0. The number of ketones is 1. The standard InChI is InChI=1S/C37H68O6/c1-3-4-5-6-7-8-9-10-11-12-13-14-15-22-27-35(40)36(41)28-23-17-16-19-24-33(39)25-20-18-21-26-34-30-32(29-31(2)38)37(42)43-34/h14-15,32-36,39-41H,3-13,16-30H2,1-2H3/b15-14-/t32-,33?,34+,35?,36?/m0/s1. The maximum Gasteiger partial charge on any atom is 0.309 e. The van der Waals surface area contributed by atoms with Crippen molar-refractivity contribution in [2.45, 2.75) is 205 Å². The van der Waals surface area contributed by atoms with E-state index in [0.717, 1.165) is 77.0 Å². The molecule has 0 spiro atoms. The highest BCUT2D eigenvalue weighted by Gasteiger charge is 2.34. The van der Waals surface area contributed by atoms with E-state index < -0.39 is 12.2 Å². The Bertz CT molecular complexity index is 707. The molecule has 3 N–H and O–H groups in total. The van der Waals surface area contributed by atoms with E-state index in [1.165, 1.54) is 71.1 Å². The molecular formula is C37H68O6. The minimum absolute atomic E-state index is 0.0384. The lowest BCUT2D eigenvalue weighted by molar-refractivity contribution is -0.145. The molecule has 1 saturated heterocycles. The van der Waals surface area contributed by atoms with Crippen molar-refractivity contribution in [3.8, 4) is 0 Å². The Morgan fingerprint density at radius 2 is 1.23 bits per heavy atom. The first-order chi connectivity index (χ1) is 20.8. The molecule has 0 aromatic heterocycles. The summed E-state index contributed by atoms with van der Waals surface area (Å²) in [5.74, 6) is -0.441. The van der Waals surface area contributed by atoms with Gasteiger partial charge in [0.25, 0.3) is 0 Å². The number of ether oxygens (including phenoxy) is 1. The van der Waals surface area contributed by atoms with E-state index in [2.05, 4.69) is 19.1 Å². The van der Waals surface area contributed by atoms with Crippen LogP contribution in [0.25, 0.3) is 0 Å². The van der Waals surface area contributed by atoms with Gasteiger partial charge in [-0.25, -0.2) is 0 Å².